The van der Waals surface area contributed by atoms with Gasteiger partial charge in [0.15, 0.2) is 0 Å². The second kappa shape index (κ2) is 6.92. The zero-order valence-corrected chi connectivity index (χ0v) is 16.5. The van der Waals surface area contributed by atoms with Gasteiger partial charge in [0.2, 0.25) is 0 Å². The molecule has 5 nitrogen and oxygen atoms in total. The number of aryl methyl sites for hydroxylation is 1. The molecule has 0 spiro atoms. The van der Waals surface area contributed by atoms with E-state index in [1.54, 1.807) is 12.1 Å². The largest absolute Gasteiger partial charge is 0.339 e. The number of para-hydroxylation sites is 2. The maximum absolute atomic E-state index is 11.7. The zero-order valence-electron chi connectivity index (χ0n) is 16.5. The van der Waals surface area contributed by atoms with Gasteiger partial charge in [-0.15, -0.1) is 0 Å². The van der Waals surface area contributed by atoms with E-state index in [1.165, 1.54) is 16.8 Å². The molecule has 0 fully saturated rings. The van der Waals surface area contributed by atoms with E-state index in [4.69, 9.17) is 0 Å². The maximum Gasteiger partial charge on any atom is 0.271 e. The second-order valence-electron chi connectivity index (χ2n) is 7.64. The fraction of sp³-hybridized carbons (Fsp3) is 0.250. The Labute approximate surface area is 170 Å². The summed E-state index contributed by atoms with van der Waals surface area (Å²) in [5.41, 5.74) is 8.24. The molecule has 0 saturated carbocycles. The van der Waals surface area contributed by atoms with Gasteiger partial charge in [0.1, 0.15) is 0 Å². The standard InChI is InChI=1S/C24H23N3O2/c1-2-17-15-20(27(28)29)16-23(25-13-11-18-7-3-5-9-21(18)25)24(17)26-14-12-19-8-4-6-10-22(19)26/h3-10,15-16H,2,11-14H2,1H3. The van der Waals surface area contributed by atoms with Crippen LogP contribution in [0.3, 0.4) is 0 Å². The lowest BCUT2D eigenvalue weighted by Gasteiger charge is -2.30. The summed E-state index contributed by atoms with van der Waals surface area (Å²) >= 11 is 0. The van der Waals surface area contributed by atoms with Crippen molar-refractivity contribution in [1.29, 1.82) is 0 Å². The molecule has 0 unspecified atom stereocenters. The lowest BCUT2D eigenvalue weighted by Crippen LogP contribution is -2.22. The van der Waals surface area contributed by atoms with Crippen LogP contribution in [-0.2, 0) is 19.3 Å². The van der Waals surface area contributed by atoms with Crippen LogP contribution in [0.1, 0.15) is 23.6 Å². The number of hydrogen-bond donors (Lipinski definition) is 0. The Morgan fingerprint density at radius 3 is 2.07 bits per heavy atom. The van der Waals surface area contributed by atoms with Gasteiger partial charge >= 0.3 is 0 Å². The van der Waals surface area contributed by atoms with Crippen LogP contribution in [0.25, 0.3) is 0 Å². The molecule has 0 atom stereocenters. The molecule has 2 heterocycles. The molecule has 0 aromatic heterocycles. The van der Waals surface area contributed by atoms with Crippen LogP contribution in [0.4, 0.5) is 28.4 Å². The van der Waals surface area contributed by atoms with Gasteiger partial charge in [-0.05, 0) is 48.1 Å². The smallest absolute Gasteiger partial charge is 0.271 e. The van der Waals surface area contributed by atoms with E-state index in [1.807, 2.05) is 6.07 Å². The maximum atomic E-state index is 11.7. The average molecular weight is 385 g/mol. The van der Waals surface area contributed by atoms with E-state index in [9.17, 15) is 10.1 Å². The van der Waals surface area contributed by atoms with E-state index in [0.29, 0.717) is 0 Å². The van der Waals surface area contributed by atoms with Crippen LogP contribution in [-0.4, -0.2) is 18.0 Å². The number of nitro groups is 1. The molecule has 3 aromatic carbocycles. The summed E-state index contributed by atoms with van der Waals surface area (Å²) in [6, 6.07) is 20.4. The van der Waals surface area contributed by atoms with Crippen LogP contribution < -0.4 is 9.80 Å². The predicted molar refractivity (Wildman–Crippen MR) is 117 cm³/mol. The summed E-state index contributed by atoms with van der Waals surface area (Å²) in [5, 5.41) is 11.7. The van der Waals surface area contributed by atoms with Gasteiger partial charge < -0.3 is 9.80 Å². The topological polar surface area (TPSA) is 49.6 Å². The molecular weight excluding hydrogens is 362 g/mol. The van der Waals surface area contributed by atoms with Gasteiger partial charge in [0.05, 0.1) is 16.3 Å². The second-order valence-corrected chi connectivity index (χ2v) is 7.64. The van der Waals surface area contributed by atoms with Crippen LogP contribution in [0.15, 0.2) is 60.7 Å². The van der Waals surface area contributed by atoms with Crippen molar-refractivity contribution in [2.45, 2.75) is 26.2 Å². The molecule has 5 rings (SSSR count). The Bertz CT molecular complexity index is 1110. The third-order valence-corrected chi connectivity index (χ3v) is 6.08. The van der Waals surface area contributed by atoms with E-state index < -0.39 is 0 Å². The molecule has 3 aromatic rings. The third kappa shape index (κ3) is 2.85. The van der Waals surface area contributed by atoms with Crippen molar-refractivity contribution in [3.05, 3.63) is 87.5 Å². The van der Waals surface area contributed by atoms with Crippen molar-refractivity contribution >= 4 is 28.4 Å². The molecule has 29 heavy (non-hydrogen) atoms. The lowest BCUT2D eigenvalue weighted by molar-refractivity contribution is -0.384. The average Bonchev–Trinajstić information content (AvgIpc) is 3.37. The zero-order chi connectivity index (χ0) is 20.0. The SMILES string of the molecule is CCc1cc([N+](=O)[O-])cc(N2CCc3ccccc32)c1N1CCc2ccccc21. The Morgan fingerprint density at radius 1 is 0.862 bits per heavy atom. The quantitative estimate of drug-likeness (QED) is 0.437. The monoisotopic (exact) mass is 385 g/mol. The van der Waals surface area contributed by atoms with Gasteiger partial charge in [-0.1, -0.05) is 43.3 Å². The first-order valence-corrected chi connectivity index (χ1v) is 10.2. The number of nitro benzene ring substituents is 1. The van der Waals surface area contributed by atoms with Gasteiger partial charge in [0, 0.05) is 36.6 Å². The van der Waals surface area contributed by atoms with Crippen LogP contribution >= 0.6 is 0 Å². The van der Waals surface area contributed by atoms with Gasteiger partial charge in [0.25, 0.3) is 5.69 Å². The van der Waals surface area contributed by atoms with Crippen molar-refractivity contribution in [3.63, 3.8) is 0 Å². The van der Waals surface area contributed by atoms with Crippen LogP contribution in [0.5, 0.6) is 0 Å². The highest BCUT2D eigenvalue weighted by Gasteiger charge is 2.31. The summed E-state index contributed by atoms with van der Waals surface area (Å²) in [6.07, 6.45) is 2.70. The Kier molecular flexibility index (Phi) is 4.23. The minimum atomic E-state index is -0.271. The molecule has 0 saturated heterocycles. The Morgan fingerprint density at radius 2 is 1.45 bits per heavy atom. The first-order chi connectivity index (χ1) is 14.2. The molecule has 146 valence electrons. The summed E-state index contributed by atoms with van der Waals surface area (Å²) < 4.78 is 0. The van der Waals surface area contributed by atoms with Crippen molar-refractivity contribution < 1.29 is 4.92 Å². The molecule has 0 amide bonds. The normalized spacial score (nSPS) is 14.8. The summed E-state index contributed by atoms with van der Waals surface area (Å²) in [5.74, 6) is 0. The summed E-state index contributed by atoms with van der Waals surface area (Å²) in [4.78, 5) is 16.0. The predicted octanol–water partition coefficient (Wildman–Crippen LogP) is 5.55. The lowest BCUT2D eigenvalue weighted by atomic mass is 10.0. The molecule has 2 aliphatic rings. The Hall–Kier alpha value is -3.34. The molecule has 0 aliphatic carbocycles. The van der Waals surface area contributed by atoms with E-state index in [-0.39, 0.29) is 10.6 Å². The van der Waals surface area contributed by atoms with Crippen molar-refractivity contribution in [1.82, 2.24) is 0 Å². The summed E-state index contributed by atoms with van der Waals surface area (Å²) in [7, 11) is 0. The highest BCUT2D eigenvalue weighted by molar-refractivity contribution is 5.88. The van der Waals surface area contributed by atoms with Crippen LogP contribution in [0, 0.1) is 10.1 Å². The number of non-ortho nitro benzene ring substituents is 1. The van der Waals surface area contributed by atoms with Gasteiger partial charge in [-0.3, -0.25) is 10.1 Å². The minimum Gasteiger partial charge on any atom is -0.339 e. The van der Waals surface area contributed by atoms with Crippen LogP contribution in [0.2, 0.25) is 0 Å². The minimum absolute atomic E-state index is 0.164. The number of nitrogens with zero attached hydrogens (tertiary/aromatic N) is 3. The molecule has 5 heteroatoms. The number of rotatable bonds is 4. The molecule has 2 aliphatic heterocycles. The number of anilines is 4. The third-order valence-electron chi connectivity index (χ3n) is 6.08. The molecule has 0 N–H and O–H groups in total. The van der Waals surface area contributed by atoms with Crippen molar-refractivity contribution in [2.75, 3.05) is 22.9 Å². The number of benzene rings is 3. The van der Waals surface area contributed by atoms with Crippen molar-refractivity contribution in [2.24, 2.45) is 0 Å². The fourth-order valence-electron chi connectivity index (χ4n) is 4.71. The number of hydrogen-bond acceptors (Lipinski definition) is 4. The van der Waals surface area contributed by atoms with Gasteiger partial charge in [-0.25, -0.2) is 0 Å². The molecule has 0 bridgehead atoms. The van der Waals surface area contributed by atoms with Gasteiger partial charge in [-0.2, -0.15) is 0 Å². The van der Waals surface area contributed by atoms with E-state index >= 15 is 0 Å². The van der Waals surface area contributed by atoms with E-state index in [2.05, 4.69) is 59.2 Å². The summed E-state index contributed by atoms with van der Waals surface area (Å²) in [6.45, 7) is 3.81. The highest BCUT2D eigenvalue weighted by Crippen LogP contribution is 2.47. The molecular formula is C24H23N3O2. The number of fused-ring (bicyclic) bond motifs is 2. The molecule has 0 radical (unpaired) electrons. The fourth-order valence-corrected chi connectivity index (χ4v) is 4.71. The van der Waals surface area contributed by atoms with Crippen molar-refractivity contribution in [3.8, 4) is 0 Å². The van der Waals surface area contributed by atoms with E-state index in [0.717, 1.165) is 55.0 Å². The highest BCUT2D eigenvalue weighted by atomic mass is 16.6. The first-order valence-electron chi connectivity index (χ1n) is 10.2. The first kappa shape index (κ1) is 17.7. The Balaban J connectivity index is 1.73.